The van der Waals surface area contributed by atoms with Crippen molar-refractivity contribution in [2.75, 3.05) is 25.1 Å². The maximum Gasteiger partial charge on any atom is 0.264 e. The van der Waals surface area contributed by atoms with Gasteiger partial charge in [-0.2, -0.15) is 11.8 Å². The van der Waals surface area contributed by atoms with Crippen LogP contribution >= 0.6 is 11.8 Å². The normalized spacial score (nSPS) is 18.8. The molecule has 1 aliphatic rings. The Kier molecular flexibility index (Phi) is 5.00. The van der Waals surface area contributed by atoms with Gasteiger partial charge in [0.05, 0.1) is 5.69 Å². The molecule has 0 bridgehead atoms. The van der Waals surface area contributed by atoms with E-state index in [1.807, 2.05) is 20.8 Å². The van der Waals surface area contributed by atoms with Crippen LogP contribution in [-0.2, 0) is 5.41 Å². The van der Waals surface area contributed by atoms with E-state index in [2.05, 4.69) is 16.2 Å². The average molecular weight is 323 g/mol. The zero-order valence-electron chi connectivity index (χ0n) is 14.0. The third-order valence-corrected chi connectivity index (χ3v) is 4.80. The molecule has 2 rings (SSSR count). The highest BCUT2D eigenvalue weighted by Gasteiger charge is 2.30. The highest BCUT2D eigenvalue weighted by Crippen LogP contribution is 2.22. The molecule has 0 radical (unpaired) electrons. The zero-order valence-corrected chi connectivity index (χ0v) is 14.8. The molecule has 1 saturated heterocycles. The van der Waals surface area contributed by atoms with Crippen LogP contribution < -0.4 is 5.56 Å². The van der Waals surface area contributed by atoms with Gasteiger partial charge in [-0.3, -0.25) is 9.59 Å². The molecule has 2 heterocycles. The molecular weight excluding hydrogens is 298 g/mol. The van der Waals surface area contributed by atoms with E-state index < -0.39 is 0 Å². The lowest BCUT2D eigenvalue weighted by molar-refractivity contribution is 0.0785. The number of hydrogen-bond donors (Lipinski definition) is 1. The molecule has 1 aliphatic heterocycles. The van der Waals surface area contributed by atoms with E-state index in [0.717, 1.165) is 25.3 Å². The summed E-state index contributed by atoms with van der Waals surface area (Å²) in [5.41, 5.74) is 0.142. The molecule has 0 saturated carbocycles. The van der Waals surface area contributed by atoms with Gasteiger partial charge in [0.15, 0.2) is 0 Å². The number of thioether (sulfide) groups is 1. The molecule has 122 valence electrons. The second kappa shape index (κ2) is 6.44. The summed E-state index contributed by atoms with van der Waals surface area (Å²) in [6.07, 6.45) is 3.09. The SMILES string of the molecule is CSCC1CCN(C(=O)c2c(C)nc(C(C)(C)C)[nH]c2=O)C1. The second-order valence-corrected chi connectivity index (χ2v) is 7.90. The fourth-order valence-electron chi connectivity index (χ4n) is 2.74. The van der Waals surface area contributed by atoms with Gasteiger partial charge in [-0.05, 0) is 31.3 Å². The lowest BCUT2D eigenvalue weighted by atomic mass is 9.95. The smallest absolute Gasteiger partial charge is 0.264 e. The summed E-state index contributed by atoms with van der Waals surface area (Å²) in [7, 11) is 0. The van der Waals surface area contributed by atoms with Crippen LogP contribution in [-0.4, -0.2) is 45.9 Å². The van der Waals surface area contributed by atoms with Crippen molar-refractivity contribution >= 4 is 17.7 Å². The highest BCUT2D eigenvalue weighted by molar-refractivity contribution is 7.98. The van der Waals surface area contributed by atoms with Crippen LogP contribution in [0.1, 0.15) is 49.1 Å². The molecule has 1 N–H and O–H groups in total. The Balaban J connectivity index is 2.26. The van der Waals surface area contributed by atoms with Gasteiger partial charge in [0.2, 0.25) is 0 Å². The number of nitrogens with zero attached hydrogens (tertiary/aromatic N) is 2. The van der Waals surface area contributed by atoms with Crippen molar-refractivity contribution in [3.63, 3.8) is 0 Å². The summed E-state index contributed by atoms with van der Waals surface area (Å²) in [4.78, 5) is 34.0. The van der Waals surface area contributed by atoms with E-state index in [-0.39, 0.29) is 22.4 Å². The molecule has 1 aromatic rings. The van der Waals surface area contributed by atoms with Gasteiger partial charge in [0.1, 0.15) is 11.4 Å². The highest BCUT2D eigenvalue weighted by atomic mass is 32.2. The summed E-state index contributed by atoms with van der Waals surface area (Å²) in [5.74, 6) is 2.02. The van der Waals surface area contributed by atoms with Gasteiger partial charge in [-0.25, -0.2) is 4.98 Å². The fraction of sp³-hybridized carbons (Fsp3) is 0.688. The summed E-state index contributed by atoms with van der Waals surface area (Å²) in [6.45, 7) is 9.16. The zero-order chi connectivity index (χ0) is 16.5. The number of aromatic amines is 1. The molecule has 1 amide bonds. The van der Waals surface area contributed by atoms with Gasteiger partial charge >= 0.3 is 0 Å². The standard InChI is InChI=1S/C16H25N3O2S/c1-10-12(13(20)18-15(17-10)16(2,3)4)14(21)19-7-6-11(8-19)9-22-5/h11H,6-9H2,1-5H3,(H,17,18,20). The van der Waals surface area contributed by atoms with Crippen LogP contribution in [0.3, 0.4) is 0 Å². The van der Waals surface area contributed by atoms with E-state index in [0.29, 0.717) is 17.4 Å². The van der Waals surface area contributed by atoms with Crippen molar-refractivity contribution in [3.05, 3.63) is 27.4 Å². The van der Waals surface area contributed by atoms with E-state index in [1.54, 1.807) is 23.6 Å². The Morgan fingerprint density at radius 3 is 2.68 bits per heavy atom. The Labute approximate surface area is 135 Å². The number of carbonyl (C=O) groups excluding carboxylic acids is 1. The number of rotatable bonds is 3. The van der Waals surface area contributed by atoms with E-state index >= 15 is 0 Å². The number of amides is 1. The first kappa shape index (κ1) is 17.1. The van der Waals surface area contributed by atoms with Crippen molar-refractivity contribution in [2.24, 2.45) is 5.92 Å². The first-order valence-electron chi connectivity index (χ1n) is 7.63. The molecule has 0 aliphatic carbocycles. The molecule has 1 unspecified atom stereocenters. The molecule has 1 atom stereocenters. The van der Waals surface area contributed by atoms with Crippen molar-refractivity contribution < 1.29 is 4.79 Å². The fourth-order valence-corrected chi connectivity index (χ4v) is 3.48. The monoisotopic (exact) mass is 323 g/mol. The number of hydrogen-bond acceptors (Lipinski definition) is 4. The van der Waals surface area contributed by atoms with Crippen LogP contribution in [0.2, 0.25) is 0 Å². The van der Waals surface area contributed by atoms with Gasteiger partial charge in [0, 0.05) is 18.5 Å². The number of aromatic nitrogens is 2. The maximum atomic E-state index is 12.7. The minimum absolute atomic E-state index is 0.185. The van der Waals surface area contributed by atoms with E-state index in [9.17, 15) is 9.59 Å². The van der Waals surface area contributed by atoms with Gasteiger partial charge in [-0.15, -0.1) is 0 Å². The lowest BCUT2D eigenvalue weighted by Crippen LogP contribution is -2.36. The Bertz CT molecular complexity index is 619. The maximum absolute atomic E-state index is 12.7. The van der Waals surface area contributed by atoms with Crippen molar-refractivity contribution in [1.29, 1.82) is 0 Å². The Morgan fingerprint density at radius 2 is 2.14 bits per heavy atom. The van der Waals surface area contributed by atoms with Gasteiger partial charge < -0.3 is 9.88 Å². The molecule has 22 heavy (non-hydrogen) atoms. The quantitative estimate of drug-likeness (QED) is 0.926. The molecule has 0 spiro atoms. The molecule has 6 heteroatoms. The molecule has 5 nitrogen and oxygen atoms in total. The lowest BCUT2D eigenvalue weighted by Gasteiger charge is -2.20. The number of H-pyrrole nitrogens is 1. The second-order valence-electron chi connectivity index (χ2n) is 6.99. The Hall–Kier alpha value is -1.30. The summed E-state index contributed by atoms with van der Waals surface area (Å²) < 4.78 is 0. The van der Waals surface area contributed by atoms with Crippen molar-refractivity contribution in [3.8, 4) is 0 Å². The summed E-state index contributed by atoms with van der Waals surface area (Å²) in [6, 6.07) is 0. The summed E-state index contributed by atoms with van der Waals surface area (Å²) in [5, 5.41) is 0. The van der Waals surface area contributed by atoms with Gasteiger partial charge in [-0.1, -0.05) is 20.8 Å². The van der Waals surface area contributed by atoms with E-state index in [1.165, 1.54) is 0 Å². The first-order chi connectivity index (χ1) is 10.2. The number of carbonyl (C=O) groups is 1. The van der Waals surface area contributed by atoms with Crippen molar-refractivity contribution in [2.45, 2.75) is 39.5 Å². The number of likely N-dealkylation sites (tertiary alicyclic amines) is 1. The molecule has 1 aromatic heterocycles. The van der Waals surface area contributed by atoms with E-state index in [4.69, 9.17) is 0 Å². The van der Waals surface area contributed by atoms with Crippen LogP contribution in [0, 0.1) is 12.8 Å². The largest absolute Gasteiger partial charge is 0.338 e. The molecule has 1 fully saturated rings. The predicted octanol–water partition coefficient (Wildman–Crippen LogP) is 2.20. The predicted molar refractivity (Wildman–Crippen MR) is 90.7 cm³/mol. The number of aryl methyl sites for hydroxylation is 1. The third-order valence-electron chi connectivity index (χ3n) is 4.00. The minimum atomic E-state index is -0.323. The molecular formula is C16H25N3O2S. The van der Waals surface area contributed by atoms with Crippen LogP contribution in [0.5, 0.6) is 0 Å². The number of nitrogens with one attached hydrogen (secondary N) is 1. The third kappa shape index (κ3) is 3.54. The van der Waals surface area contributed by atoms with Crippen LogP contribution in [0.25, 0.3) is 0 Å². The van der Waals surface area contributed by atoms with Crippen LogP contribution in [0.15, 0.2) is 4.79 Å². The summed E-state index contributed by atoms with van der Waals surface area (Å²) >= 11 is 1.80. The minimum Gasteiger partial charge on any atom is -0.338 e. The van der Waals surface area contributed by atoms with Crippen molar-refractivity contribution in [1.82, 2.24) is 14.9 Å². The van der Waals surface area contributed by atoms with Crippen LogP contribution in [0.4, 0.5) is 0 Å². The first-order valence-corrected chi connectivity index (χ1v) is 9.03. The molecule has 0 aromatic carbocycles. The topological polar surface area (TPSA) is 66.1 Å². The van der Waals surface area contributed by atoms with Gasteiger partial charge in [0.25, 0.3) is 11.5 Å². The average Bonchev–Trinajstić information content (AvgIpc) is 2.85. The Morgan fingerprint density at radius 1 is 1.45 bits per heavy atom.